The van der Waals surface area contributed by atoms with E-state index in [2.05, 4.69) is 5.32 Å². The number of amides is 1. The number of benzene rings is 2. The molecule has 0 aliphatic heterocycles. The average molecular weight is 484 g/mol. The van der Waals surface area contributed by atoms with Gasteiger partial charge < -0.3 is 24.6 Å². The second-order valence-corrected chi connectivity index (χ2v) is 8.15. The minimum Gasteiger partial charge on any atom is -0.492 e. The summed E-state index contributed by atoms with van der Waals surface area (Å²) in [6.45, 7) is 7.34. The van der Waals surface area contributed by atoms with Crippen molar-refractivity contribution >= 4 is 40.8 Å². The van der Waals surface area contributed by atoms with E-state index in [0.717, 1.165) is 0 Å². The lowest BCUT2D eigenvalue weighted by Crippen LogP contribution is -2.31. The van der Waals surface area contributed by atoms with Gasteiger partial charge in [-0.1, -0.05) is 29.3 Å². The fourth-order valence-corrected chi connectivity index (χ4v) is 3.32. The van der Waals surface area contributed by atoms with Crippen LogP contribution in [0.1, 0.15) is 33.3 Å². The fourth-order valence-electron chi connectivity index (χ4n) is 2.87. The van der Waals surface area contributed by atoms with Crippen LogP contribution in [-0.2, 0) is 20.7 Å². The highest BCUT2D eigenvalue weighted by atomic mass is 35.5. The van der Waals surface area contributed by atoms with Crippen molar-refractivity contribution < 1.29 is 28.9 Å². The number of carboxylic acids is 1. The number of aliphatic carboxylic acids is 1. The van der Waals surface area contributed by atoms with E-state index < -0.39 is 24.1 Å². The van der Waals surface area contributed by atoms with Gasteiger partial charge in [0.2, 0.25) is 0 Å². The molecule has 0 radical (unpaired) electrons. The maximum Gasteiger partial charge on any atom is 0.333 e. The van der Waals surface area contributed by atoms with Gasteiger partial charge in [-0.15, -0.1) is 0 Å². The van der Waals surface area contributed by atoms with Crippen molar-refractivity contribution in [1.29, 1.82) is 0 Å². The van der Waals surface area contributed by atoms with Crippen LogP contribution in [0.2, 0.25) is 10.0 Å². The molecule has 0 aliphatic carbocycles. The van der Waals surface area contributed by atoms with E-state index in [1.165, 1.54) is 6.07 Å². The summed E-state index contributed by atoms with van der Waals surface area (Å²) >= 11 is 12.0. The molecule has 2 unspecified atom stereocenters. The second-order valence-electron chi connectivity index (χ2n) is 7.30. The van der Waals surface area contributed by atoms with Crippen molar-refractivity contribution in [2.45, 2.75) is 52.4 Å². The van der Waals surface area contributed by atoms with Gasteiger partial charge >= 0.3 is 5.97 Å². The minimum atomic E-state index is -1.06. The summed E-state index contributed by atoms with van der Waals surface area (Å²) in [4.78, 5) is 24.3. The SMILES string of the molecule is CCOc1ccc(CC(OC(C)C)C(=O)O)cc1NC(=O)C(C)Oc1ccc(Cl)cc1Cl. The van der Waals surface area contributed by atoms with Crippen LogP contribution in [0, 0.1) is 0 Å². The summed E-state index contributed by atoms with van der Waals surface area (Å²) in [5, 5.41) is 13.0. The van der Waals surface area contributed by atoms with Gasteiger partial charge in [0.25, 0.3) is 5.91 Å². The number of rotatable bonds is 11. The van der Waals surface area contributed by atoms with Crippen molar-refractivity contribution in [1.82, 2.24) is 0 Å². The van der Waals surface area contributed by atoms with Gasteiger partial charge in [-0.25, -0.2) is 4.79 Å². The molecule has 0 aromatic heterocycles. The quantitative estimate of drug-likeness (QED) is 0.454. The van der Waals surface area contributed by atoms with Crippen LogP contribution >= 0.6 is 23.2 Å². The summed E-state index contributed by atoms with van der Waals surface area (Å²) in [6, 6.07) is 9.82. The zero-order valence-corrected chi connectivity index (χ0v) is 19.9. The largest absolute Gasteiger partial charge is 0.492 e. The lowest BCUT2D eigenvalue weighted by molar-refractivity contribution is -0.153. The second kappa shape index (κ2) is 11.9. The van der Waals surface area contributed by atoms with E-state index in [9.17, 15) is 14.7 Å². The molecule has 0 bridgehead atoms. The Morgan fingerprint density at radius 1 is 1.06 bits per heavy atom. The third kappa shape index (κ3) is 7.58. The molecular weight excluding hydrogens is 457 g/mol. The average Bonchev–Trinajstić information content (AvgIpc) is 2.71. The molecule has 0 aliphatic rings. The van der Waals surface area contributed by atoms with Gasteiger partial charge in [0.15, 0.2) is 12.2 Å². The van der Waals surface area contributed by atoms with Gasteiger partial charge in [0.05, 0.1) is 23.4 Å². The summed E-state index contributed by atoms with van der Waals surface area (Å²) in [5.74, 6) is -0.701. The van der Waals surface area contributed by atoms with Crippen LogP contribution in [0.3, 0.4) is 0 Å². The smallest absolute Gasteiger partial charge is 0.333 e. The first-order chi connectivity index (χ1) is 15.1. The molecular formula is C23H27Cl2NO6. The number of hydrogen-bond acceptors (Lipinski definition) is 5. The van der Waals surface area contributed by atoms with Crippen LogP contribution in [0.25, 0.3) is 0 Å². The van der Waals surface area contributed by atoms with Crippen LogP contribution in [0.15, 0.2) is 36.4 Å². The third-order valence-electron chi connectivity index (χ3n) is 4.30. The van der Waals surface area contributed by atoms with Crippen LogP contribution < -0.4 is 14.8 Å². The highest BCUT2D eigenvalue weighted by Crippen LogP contribution is 2.30. The molecule has 0 spiro atoms. The molecule has 2 aromatic carbocycles. The molecule has 7 nitrogen and oxygen atoms in total. The predicted molar refractivity (Wildman–Crippen MR) is 124 cm³/mol. The molecule has 2 aromatic rings. The number of nitrogens with one attached hydrogen (secondary N) is 1. The molecule has 0 saturated carbocycles. The molecule has 2 atom stereocenters. The van der Waals surface area contributed by atoms with Gasteiger partial charge in [0.1, 0.15) is 11.5 Å². The number of ether oxygens (including phenoxy) is 3. The Morgan fingerprint density at radius 3 is 2.34 bits per heavy atom. The van der Waals surface area contributed by atoms with Gasteiger partial charge in [-0.05, 0) is 63.6 Å². The Morgan fingerprint density at radius 2 is 1.75 bits per heavy atom. The van der Waals surface area contributed by atoms with E-state index in [0.29, 0.717) is 39.4 Å². The number of halogens is 2. The zero-order valence-electron chi connectivity index (χ0n) is 18.4. The topological polar surface area (TPSA) is 94.1 Å². The van der Waals surface area contributed by atoms with Crippen molar-refractivity contribution in [3.05, 3.63) is 52.0 Å². The first-order valence-corrected chi connectivity index (χ1v) is 10.9. The number of carboxylic acid groups (broad SMARTS) is 1. The van der Waals surface area contributed by atoms with Crippen molar-refractivity contribution in [2.24, 2.45) is 0 Å². The van der Waals surface area contributed by atoms with Crippen molar-refractivity contribution in [3.63, 3.8) is 0 Å². The van der Waals surface area contributed by atoms with Crippen molar-refractivity contribution in [3.8, 4) is 11.5 Å². The monoisotopic (exact) mass is 483 g/mol. The molecule has 9 heteroatoms. The molecule has 0 heterocycles. The molecule has 1 amide bonds. The molecule has 0 fully saturated rings. The zero-order chi connectivity index (χ0) is 23.8. The third-order valence-corrected chi connectivity index (χ3v) is 4.83. The first kappa shape index (κ1) is 25.8. The van der Waals surface area contributed by atoms with Crippen LogP contribution in [0.4, 0.5) is 5.69 Å². The van der Waals surface area contributed by atoms with Crippen molar-refractivity contribution in [2.75, 3.05) is 11.9 Å². The predicted octanol–water partition coefficient (Wildman–Crippen LogP) is 5.22. The molecule has 2 N–H and O–H groups in total. The Bertz CT molecular complexity index is 950. The maximum atomic E-state index is 12.8. The lowest BCUT2D eigenvalue weighted by Gasteiger charge is -2.19. The van der Waals surface area contributed by atoms with E-state index in [4.69, 9.17) is 37.4 Å². The van der Waals surface area contributed by atoms with Gasteiger partial charge in [-0.2, -0.15) is 0 Å². The Hall–Kier alpha value is -2.48. The van der Waals surface area contributed by atoms with Crippen LogP contribution in [-0.4, -0.2) is 41.9 Å². The summed E-state index contributed by atoms with van der Waals surface area (Å²) in [6.07, 6.45) is -1.99. The number of hydrogen-bond donors (Lipinski definition) is 2. The van der Waals surface area contributed by atoms with E-state index in [1.54, 1.807) is 51.1 Å². The van der Waals surface area contributed by atoms with E-state index in [-0.39, 0.29) is 12.5 Å². The molecule has 2 rings (SSSR count). The maximum absolute atomic E-state index is 12.8. The minimum absolute atomic E-state index is 0.134. The molecule has 0 saturated heterocycles. The normalized spacial score (nSPS) is 12.8. The number of carbonyl (C=O) groups excluding carboxylic acids is 1. The fraction of sp³-hybridized carbons (Fsp3) is 0.391. The molecule has 32 heavy (non-hydrogen) atoms. The summed E-state index contributed by atoms with van der Waals surface area (Å²) in [7, 11) is 0. The van der Waals surface area contributed by atoms with E-state index >= 15 is 0 Å². The summed E-state index contributed by atoms with van der Waals surface area (Å²) < 4.78 is 16.7. The number of anilines is 1. The summed E-state index contributed by atoms with van der Waals surface area (Å²) in [5.41, 5.74) is 1.08. The van der Waals surface area contributed by atoms with Crippen LogP contribution in [0.5, 0.6) is 11.5 Å². The Balaban J connectivity index is 2.19. The van der Waals surface area contributed by atoms with Gasteiger partial charge in [0, 0.05) is 11.4 Å². The first-order valence-electron chi connectivity index (χ1n) is 10.2. The number of carbonyl (C=O) groups is 2. The Labute approximate surface area is 197 Å². The van der Waals surface area contributed by atoms with E-state index in [1.807, 2.05) is 6.92 Å². The van der Waals surface area contributed by atoms with Gasteiger partial charge in [-0.3, -0.25) is 4.79 Å². The Kier molecular flexibility index (Phi) is 9.62. The molecule has 174 valence electrons. The highest BCUT2D eigenvalue weighted by molar-refractivity contribution is 6.35. The standard InChI is InChI=1S/C23H27Cl2NO6/c1-5-30-20-8-6-15(11-21(23(28)29)31-13(2)3)10-18(20)26-22(27)14(4)32-19-9-7-16(24)12-17(19)25/h6-10,12-14,21H,5,11H2,1-4H3,(H,26,27)(H,28,29). The highest BCUT2D eigenvalue weighted by Gasteiger charge is 2.22. The lowest BCUT2D eigenvalue weighted by atomic mass is 10.1.